The zero-order chi connectivity index (χ0) is 20.4. The molecule has 0 bridgehead atoms. The van der Waals surface area contributed by atoms with Crippen molar-refractivity contribution in [1.82, 2.24) is 15.3 Å². The topological polar surface area (TPSA) is 80.9 Å². The summed E-state index contributed by atoms with van der Waals surface area (Å²) < 4.78 is 13.5. The van der Waals surface area contributed by atoms with Gasteiger partial charge in [0.2, 0.25) is 0 Å². The SMILES string of the molecule is CCc1nc(C[C@H](CC2CNC2)c2ccc(F)cc2)c2cccc(C(N)=O)c2n1. The van der Waals surface area contributed by atoms with Gasteiger partial charge in [-0.3, -0.25) is 4.79 Å². The fourth-order valence-corrected chi connectivity index (χ4v) is 4.00. The van der Waals surface area contributed by atoms with Gasteiger partial charge < -0.3 is 11.1 Å². The van der Waals surface area contributed by atoms with Gasteiger partial charge in [-0.25, -0.2) is 14.4 Å². The number of nitrogens with one attached hydrogen (secondary N) is 1. The van der Waals surface area contributed by atoms with Crippen LogP contribution < -0.4 is 11.1 Å². The average molecular weight is 392 g/mol. The van der Waals surface area contributed by atoms with Crippen LogP contribution in [0.25, 0.3) is 10.9 Å². The van der Waals surface area contributed by atoms with Gasteiger partial charge in [-0.2, -0.15) is 0 Å². The number of nitrogens with zero attached hydrogens (tertiary/aromatic N) is 2. The number of hydrogen-bond donors (Lipinski definition) is 2. The number of nitrogens with two attached hydrogens (primary N) is 1. The van der Waals surface area contributed by atoms with Crippen LogP contribution in [0.1, 0.15) is 46.7 Å². The van der Waals surface area contributed by atoms with Gasteiger partial charge in [-0.05, 0) is 61.5 Å². The van der Waals surface area contributed by atoms with Crippen LogP contribution in [0.5, 0.6) is 0 Å². The normalized spacial score (nSPS) is 15.2. The number of hydrogen-bond acceptors (Lipinski definition) is 4. The van der Waals surface area contributed by atoms with E-state index in [2.05, 4.69) is 10.3 Å². The minimum Gasteiger partial charge on any atom is -0.366 e. The average Bonchev–Trinajstić information content (AvgIpc) is 2.69. The third kappa shape index (κ3) is 4.12. The first-order valence-corrected chi connectivity index (χ1v) is 10.1. The Bertz CT molecular complexity index is 1030. The third-order valence-electron chi connectivity index (χ3n) is 5.70. The summed E-state index contributed by atoms with van der Waals surface area (Å²) in [6, 6.07) is 12.2. The molecule has 5 nitrogen and oxygen atoms in total. The van der Waals surface area contributed by atoms with Crippen molar-refractivity contribution in [3.63, 3.8) is 0 Å². The van der Waals surface area contributed by atoms with Crippen molar-refractivity contribution in [3.8, 4) is 0 Å². The van der Waals surface area contributed by atoms with E-state index in [4.69, 9.17) is 10.7 Å². The molecule has 1 saturated heterocycles. The molecule has 0 aliphatic carbocycles. The molecule has 0 spiro atoms. The lowest BCUT2D eigenvalue weighted by molar-refractivity contribution is 0.100. The van der Waals surface area contributed by atoms with Gasteiger partial charge in [0.1, 0.15) is 11.6 Å². The van der Waals surface area contributed by atoms with Crippen molar-refractivity contribution in [3.05, 3.63) is 70.9 Å². The van der Waals surface area contributed by atoms with Crippen LogP contribution in [0.3, 0.4) is 0 Å². The highest BCUT2D eigenvalue weighted by Crippen LogP contribution is 2.31. The number of para-hydroxylation sites is 1. The second-order valence-electron chi connectivity index (χ2n) is 7.72. The molecule has 0 saturated carbocycles. The number of halogens is 1. The van der Waals surface area contributed by atoms with E-state index in [0.29, 0.717) is 35.7 Å². The molecule has 150 valence electrons. The summed E-state index contributed by atoms with van der Waals surface area (Å²) in [6.45, 7) is 4.01. The number of aromatic nitrogens is 2. The molecule has 1 aliphatic heterocycles. The number of primary amides is 1. The van der Waals surface area contributed by atoms with Crippen molar-refractivity contribution < 1.29 is 9.18 Å². The maximum Gasteiger partial charge on any atom is 0.250 e. The monoisotopic (exact) mass is 392 g/mol. The predicted octanol–water partition coefficient (Wildman–Crippen LogP) is 3.37. The van der Waals surface area contributed by atoms with E-state index in [9.17, 15) is 9.18 Å². The van der Waals surface area contributed by atoms with Gasteiger partial charge in [0.25, 0.3) is 5.91 Å². The predicted molar refractivity (Wildman–Crippen MR) is 111 cm³/mol. The first-order valence-electron chi connectivity index (χ1n) is 10.1. The van der Waals surface area contributed by atoms with Gasteiger partial charge >= 0.3 is 0 Å². The van der Waals surface area contributed by atoms with Gasteiger partial charge in [0, 0.05) is 11.8 Å². The molecule has 0 unspecified atom stereocenters. The van der Waals surface area contributed by atoms with E-state index >= 15 is 0 Å². The molecular formula is C23H25FN4O. The van der Waals surface area contributed by atoms with Crippen LogP contribution in [-0.4, -0.2) is 29.0 Å². The summed E-state index contributed by atoms with van der Waals surface area (Å²) in [7, 11) is 0. The Hall–Kier alpha value is -2.86. The smallest absolute Gasteiger partial charge is 0.250 e. The first kappa shape index (κ1) is 19.5. The lowest BCUT2D eigenvalue weighted by Gasteiger charge is -2.31. The fourth-order valence-electron chi connectivity index (χ4n) is 4.00. The van der Waals surface area contributed by atoms with Crippen LogP contribution in [0.4, 0.5) is 4.39 Å². The number of benzene rings is 2. The molecule has 0 radical (unpaired) electrons. The quantitative estimate of drug-likeness (QED) is 0.646. The number of amides is 1. The number of aryl methyl sites for hydroxylation is 1. The number of carbonyl (C=O) groups is 1. The Morgan fingerprint density at radius 1 is 1.21 bits per heavy atom. The molecule has 1 fully saturated rings. The van der Waals surface area contributed by atoms with E-state index in [-0.39, 0.29) is 11.7 Å². The maximum atomic E-state index is 13.5. The van der Waals surface area contributed by atoms with Crippen molar-refractivity contribution >= 4 is 16.8 Å². The zero-order valence-corrected chi connectivity index (χ0v) is 16.5. The summed E-state index contributed by atoms with van der Waals surface area (Å²) in [5, 5.41) is 4.18. The minimum atomic E-state index is -0.488. The molecule has 1 aliphatic rings. The molecule has 1 atom stereocenters. The molecule has 6 heteroatoms. The van der Waals surface area contributed by atoms with E-state index in [1.54, 1.807) is 6.07 Å². The molecule has 1 amide bonds. The Balaban J connectivity index is 1.77. The van der Waals surface area contributed by atoms with Crippen LogP contribution in [0.15, 0.2) is 42.5 Å². The Morgan fingerprint density at radius 2 is 1.97 bits per heavy atom. The summed E-state index contributed by atoms with van der Waals surface area (Å²) in [5.41, 5.74) is 8.63. The van der Waals surface area contributed by atoms with E-state index in [1.807, 2.05) is 31.2 Å². The van der Waals surface area contributed by atoms with Crippen LogP contribution in [0, 0.1) is 11.7 Å². The maximum absolute atomic E-state index is 13.5. The largest absolute Gasteiger partial charge is 0.366 e. The molecule has 1 aromatic heterocycles. The molecule has 3 N–H and O–H groups in total. The van der Waals surface area contributed by atoms with E-state index in [0.717, 1.165) is 36.2 Å². The molecule has 4 rings (SSSR count). The lowest BCUT2D eigenvalue weighted by atomic mass is 9.82. The number of rotatable bonds is 7. The van der Waals surface area contributed by atoms with Gasteiger partial charge in [-0.15, -0.1) is 0 Å². The van der Waals surface area contributed by atoms with Crippen molar-refractivity contribution in [2.75, 3.05) is 13.1 Å². The van der Waals surface area contributed by atoms with Crippen LogP contribution in [0.2, 0.25) is 0 Å². The van der Waals surface area contributed by atoms with Gasteiger partial charge in [-0.1, -0.05) is 31.2 Å². The van der Waals surface area contributed by atoms with Crippen molar-refractivity contribution in [2.24, 2.45) is 11.7 Å². The molecule has 2 aromatic carbocycles. The molecule has 29 heavy (non-hydrogen) atoms. The zero-order valence-electron chi connectivity index (χ0n) is 16.5. The highest BCUT2D eigenvalue weighted by Gasteiger charge is 2.25. The van der Waals surface area contributed by atoms with Gasteiger partial charge in [0.05, 0.1) is 16.8 Å². The lowest BCUT2D eigenvalue weighted by Crippen LogP contribution is -2.42. The molecular weight excluding hydrogens is 367 g/mol. The Morgan fingerprint density at radius 3 is 2.59 bits per heavy atom. The van der Waals surface area contributed by atoms with Gasteiger partial charge in [0.15, 0.2) is 0 Å². The second kappa shape index (κ2) is 8.25. The van der Waals surface area contributed by atoms with Crippen LogP contribution in [-0.2, 0) is 12.8 Å². The summed E-state index contributed by atoms with van der Waals surface area (Å²) >= 11 is 0. The summed E-state index contributed by atoms with van der Waals surface area (Å²) in [4.78, 5) is 21.3. The first-order chi connectivity index (χ1) is 14.0. The van der Waals surface area contributed by atoms with E-state index in [1.165, 1.54) is 12.1 Å². The number of carbonyl (C=O) groups excluding carboxylic acids is 1. The minimum absolute atomic E-state index is 0.211. The fraction of sp³-hybridized carbons (Fsp3) is 0.348. The highest BCUT2D eigenvalue weighted by atomic mass is 19.1. The van der Waals surface area contributed by atoms with Crippen LogP contribution >= 0.6 is 0 Å². The highest BCUT2D eigenvalue weighted by molar-refractivity contribution is 6.05. The van der Waals surface area contributed by atoms with Crippen molar-refractivity contribution in [2.45, 2.75) is 32.1 Å². The third-order valence-corrected chi connectivity index (χ3v) is 5.70. The summed E-state index contributed by atoms with van der Waals surface area (Å²) in [6.07, 6.45) is 2.38. The Kier molecular flexibility index (Phi) is 5.53. The molecule has 3 aromatic rings. The Labute approximate surface area is 169 Å². The summed E-state index contributed by atoms with van der Waals surface area (Å²) in [5.74, 6) is 0.791. The second-order valence-corrected chi connectivity index (χ2v) is 7.72. The van der Waals surface area contributed by atoms with E-state index < -0.39 is 5.91 Å². The molecule has 2 heterocycles. The standard InChI is InChI=1S/C23H25FN4O/c1-2-21-27-20(18-4-3-5-19(23(25)29)22(18)28-21)11-16(10-14-12-26-13-14)15-6-8-17(24)9-7-15/h3-9,14,16,26H,2,10-13H2,1H3,(H2,25,29)/t16-/m0/s1. The van der Waals surface area contributed by atoms with Crippen molar-refractivity contribution in [1.29, 1.82) is 0 Å². The number of fused-ring (bicyclic) bond motifs is 1.